The smallest absolute Gasteiger partial charge is 0.416 e. The Morgan fingerprint density at radius 1 is 1.10 bits per heavy atom. The number of aryl methyl sites for hydroxylation is 1. The van der Waals surface area contributed by atoms with E-state index >= 15 is 0 Å². The molecule has 6 heteroatoms. The molecule has 0 heterocycles. The third kappa shape index (κ3) is 2.69. The van der Waals surface area contributed by atoms with Crippen LogP contribution in [-0.2, 0) is 0 Å². The van der Waals surface area contributed by atoms with Crippen LogP contribution in [0.2, 0.25) is 0 Å². The molecule has 0 bridgehead atoms. The molecule has 0 saturated carbocycles. The summed E-state index contributed by atoms with van der Waals surface area (Å²) in [7, 11) is 0. The molecule has 0 radical (unpaired) electrons. The summed E-state index contributed by atoms with van der Waals surface area (Å²) in [6.07, 6.45) is -1.27. The van der Waals surface area contributed by atoms with Gasteiger partial charge in [0.2, 0.25) is 0 Å². The number of benzene rings is 2. The van der Waals surface area contributed by atoms with Gasteiger partial charge < -0.3 is 5.11 Å². The highest BCUT2D eigenvalue weighted by molar-refractivity contribution is 5.98. The van der Waals surface area contributed by atoms with Crippen molar-refractivity contribution in [2.45, 2.75) is 13.8 Å². The largest absolute Gasteiger partial charge is 0.464 e. The number of amides is 1. The Bertz CT molecular complexity index is 713. The van der Waals surface area contributed by atoms with Crippen LogP contribution in [0.25, 0.3) is 0 Å². The van der Waals surface area contributed by atoms with Gasteiger partial charge in [-0.05, 0) is 37.1 Å². The molecule has 108 valence electrons. The monoisotopic (exact) mass is 286 g/mol. The maximum Gasteiger partial charge on any atom is 0.416 e. The van der Waals surface area contributed by atoms with Crippen molar-refractivity contribution in [3.05, 3.63) is 63.7 Å². The van der Waals surface area contributed by atoms with Gasteiger partial charge in [0.1, 0.15) is 5.69 Å². The quantitative estimate of drug-likeness (QED) is 0.682. The van der Waals surface area contributed by atoms with Crippen LogP contribution in [-0.4, -0.2) is 16.1 Å². The summed E-state index contributed by atoms with van der Waals surface area (Å²) in [4.78, 5) is 23.1. The molecule has 2 aromatic carbocycles. The number of para-hydroxylation sites is 2. The van der Waals surface area contributed by atoms with Crippen LogP contribution < -0.4 is 4.90 Å². The molecule has 1 N–H and O–H groups in total. The zero-order valence-electron chi connectivity index (χ0n) is 11.6. The summed E-state index contributed by atoms with van der Waals surface area (Å²) >= 11 is 0. The Kier molecular flexibility index (Phi) is 3.89. The minimum Gasteiger partial charge on any atom is -0.464 e. The molecule has 0 saturated heterocycles. The lowest BCUT2D eigenvalue weighted by molar-refractivity contribution is -0.384. The summed E-state index contributed by atoms with van der Waals surface area (Å²) in [6, 6.07) is 11.0. The Morgan fingerprint density at radius 3 is 2.33 bits per heavy atom. The van der Waals surface area contributed by atoms with Gasteiger partial charge in [0, 0.05) is 6.07 Å². The van der Waals surface area contributed by atoms with Crippen molar-refractivity contribution in [3.63, 3.8) is 0 Å². The van der Waals surface area contributed by atoms with Crippen molar-refractivity contribution in [2.24, 2.45) is 0 Å². The van der Waals surface area contributed by atoms with E-state index in [1.807, 2.05) is 13.0 Å². The zero-order chi connectivity index (χ0) is 15.6. The van der Waals surface area contributed by atoms with E-state index < -0.39 is 11.0 Å². The lowest BCUT2D eigenvalue weighted by atomic mass is 10.1. The van der Waals surface area contributed by atoms with Gasteiger partial charge in [-0.15, -0.1) is 0 Å². The molecule has 0 fully saturated rings. The minimum absolute atomic E-state index is 0.0312. The van der Waals surface area contributed by atoms with Crippen LogP contribution in [0.15, 0.2) is 42.5 Å². The molecule has 0 aliphatic carbocycles. The van der Waals surface area contributed by atoms with Crippen molar-refractivity contribution in [3.8, 4) is 0 Å². The fourth-order valence-corrected chi connectivity index (χ4v) is 2.12. The molecule has 0 unspecified atom stereocenters. The van der Waals surface area contributed by atoms with Crippen molar-refractivity contribution in [2.75, 3.05) is 4.90 Å². The molecule has 21 heavy (non-hydrogen) atoms. The van der Waals surface area contributed by atoms with E-state index in [9.17, 15) is 20.0 Å². The standard InChI is InChI=1S/C15H14N2O4/c1-10-6-5-9-12(11(10)2)16(15(18)19)13-7-3-4-8-14(13)17(20)21/h3-9H,1-2H3,(H,18,19). The normalized spacial score (nSPS) is 10.2. The van der Waals surface area contributed by atoms with Gasteiger partial charge in [-0.3, -0.25) is 10.1 Å². The topological polar surface area (TPSA) is 83.7 Å². The van der Waals surface area contributed by atoms with Gasteiger partial charge in [-0.2, -0.15) is 0 Å². The molecular formula is C15H14N2O4. The Hall–Kier alpha value is -2.89. The van der Waals surface area contributed by atoms with Crippen LogP contribution in [0.4, 0.5) is 21.9 Å². The maximum absolute atomic E-state index is 11.6. The van der Waals surface area contributed by atoms with E-state index in [4.69, 9.17) is 0 Å². The van der Waals surface area contributed by atoms with Crippen molar-refractivity contribution in [1.29, 1.82) is 0 Å². The number of nitro groups is 1. The highest BCUT2D eigenvalue weighted by Gasteiger charge is 2.26. The zero-order valence-corrected chi connectivity index (χ0v) is 11.6. The third-order valence-electron chi connectivity index (χ3n) is 3.33. The van der Waals surface area contributed by atoms with E-state index in [2.05, 4.69) is 0 Å². The van der Waals surface area contributed by atoms with E-state index in [0.717, 1.165) is 16.0 Å². The average molecular weight is 286 g/mol. The van der Waals surface area contributed by atoms with Crippen molar-refractivity contribution < 1.29 is 14.8 Å². The first-order valence-electron chi connectivity index (χ1n) is 6.26. The highest BCUT2D eigenvalue weighted by atomic mass is 16.6. The molecule has 0 atom stereocenters. The minimum atomic E-state index is -1.27. The summed E-state index contributed by atoms with van der Waals surface area (Å²) in [5.41, 5.74) is 1.87. The van der Waals surface area contributed by atoms with Gasteiger partial charge in [0.25, 0.3) is 5.69 Å². The predicted octanol–water partition coefficient (Wildman–Crippen LogP) is 4.03. The van der Waals surface area contributed by atoms with Gasteiger partial charge >= 0.3 is 6.09 Å². The van der Waals surface area contributed by atoms with Crippen LogP contribution in [0.3, 0.4) is 0 Å². The lowest BCUT2D eigenvalue weighted by Gasteiger charge is -2.22. The summed E-state index contributed by atoms with van der Waals surface area (Å²) in [5, 5.41) is 20.6. The summed E-state index contributed by atoms with van der Waals surface area (Å²) in [6.45, 7) is 3.65. The molecule has 0 spiro atoms. The number of hydrogen-bond donors (Lipinski definition) is 1. The summed E-state index contributed by atoms with van der Waals surface area (Å²) < 4.78 is 0. The summed E-state index contributed by atoms with van der Waals surface area (Å²) in [5.74, 6) is 0. The number of hydrogen-bond acceptors (Lipinski definition) is 3. The fraction of sp³-hybridized carbons (Fsp3) is 0.133. The van der Waals surface area contributed by atoms with Crippen molar-refractivity contribution >= 4 is 23.2 Å². The number of carbonyl (C=O) groups is 1. The molecule has 0 aliphatic rings. The van der Waals surface area contributed by atoms with Gasteiger partial charge in [-0.1, -0.05) is 24.3 Å². The second-order valence-corrected chi connectivity index (χ2v) is 4.58. The van der Waals surface area contributed by atoms with E-state index in [0.29, 0.717) is 5.69 Å². The van der Waals surface area contributed by atoms with Crippen molar-refractivity contribution in [1.82, 2.24) is 0 Å². The van der Waals surface area contributed by atoms with Crippen LogP contribution >= 0.6 is 0 Å². The SMILES string of the molecule is Cc1cccc(N(C(=O)O)c2ccccc2[N+](=O)[O-])c1C. The van der Waals surface area contributed by atoms with Crippen LogP contribution in [0.1, 0.15) is 11.1 Å². The molecule has 6 nitrogen and oxygen atoms in total. The van der Waals surface area contributed by atoms with Gasteiger partial charge in [0.05, 0.1) is 10.6 Å². The van der Waals surface area contributed by atoms with Gasteiger partial charge in [-0.25, -0.2) is 9.69 Å². The Labute approximate surface area is 121 Å². The Morgan fingerprint density at radius 2 is 1.71 bits per heavy atom. The average Bonchev–Trinajstić information content (AvgIpc) is 2.44. The van der Waals surface area contributed by atoms with E-state index in [-0.39, 0.29) is 11.4 Å². The maximum atomic E-state index is 11.6. The third-order valence-corrected chi connectivity index (χ3v) is 3.33. The highest BCUT2D eigenvalue weighted by Crippen LogP contribution is 2.35. The van der Waals surface area contributed by atoms with Crippen LogP contribution in [0, 0.1) is 24.0 Å². The van der Waals surface area contributed by atoms with E-state index in [1.165, 1.54) is 18.2 Å². The Balaban J connectivity index is 2.69. The molecule has 2 rings (SSSR count). The second-order valence-electron chi connectivity index (χ2n) is 4.58. The van der Waals surface area contributed by atoms with Crippen LogP contribution in [0.5, 0.6) is 0 Å². The molecular weight excluding hydrogens is 272 g/mol. The number of rotatable bonds is 3. The number of nitro benzene ring substituents is 1. The first-order chi connectivity index (χ1) is 9.93. The number of carboxylic acid groups (broad SMARTS) is 1. The first-order valence-corrected chi connectivity index (χ1v) is 6.26. The fourth-order valence-electron chi connectivity index (χ4n) is 2.12. The molecule has 0 aliphatic heterocycles. The first kappa shape index (κ1) is 14.5. The predicted molar refractivity (Wildman–Crippen MR) is 79.2 cm³/mol. The molecule has 0 aromatic heterocycles. The second kappa shape index (κ2) is 5.62. The number of anilines is 2. The lowest BCUT2D eigenvalue weighted by Crippen LogP contribution is -2.25. The van der Waals surface area contributed by atoms with E-state index in [1.54, 1.807) is 25.1 Å². The molecule has 2 aromatic rings. The molecule has 1 amide bonds. The number of nitrogens with zero attached hydrogens (tertiary/aromatic N) is 2. The van der Waals surface area contributed by atoms with Gasteiger partial charge in [0.15, 0.2) is 0 Å².